The van der Waals surface area contributed by atoms with Gasteiger partial charge in [0, 0.05) is 93.7 Å². The van der Waals surface area contributed by atoms with E-state index in [0.717, 1.165) is 52.1 Å². The molecule has 6 rings (SSSR count). The molecule has 0 unspecified atom stereocenters. The number of primary amides is 1. The summed E-state index contributed by atoms with van der Waals surface area (Å²) in [4.78, 5) is 87.6. The fourth-order valence-corrected chi connectivity index (χ4v) is 7.89. The molecular formula is C59H115BN9O19. The van der Waals surface area contributed by atoms with Crippen LogP contribution >= 0.6 is 0 Å². The topological polar surface area (TPSA) is 400 Å². The van der Waals surface area contributed by atoms with E-state index in [9.17, 15) is 38.7 Å². The first kappa shape index (κ1) is 89.2. The summed E-state index contributed by atoms with van der Waals surface area (Å²) in [5.41, 5.74) is 16.3. The van der Waals surface area contributed by atoms with Crippen LogP contribution in [-0.2, 0) is 61.8 Å². The minimum Gasteiger partial charge on any atom is -0.458 e. The maximum atomic E-state index is 11.8. The van der Waals surface area contributed by atoms with E-state index in [1.807, 2.05) is 83.1 Å². The number of aliphatic hydroxyl groups is 1. The summed E-state index contributed by atoms with van der Waals surface area (Å²) < 4.78 is 51.7. The lowest BCUT2D eigenvalue weighted by atomic mass is 10.1. The Morgan fingerprint density at radius 2 is 0.830 bits per heavy atom. The van der Waals surface area contributed by atoms with Gasteiger partial charge in [0.2, 0.25) is 5.91 Å². The predicted molar refractivity (Wildman–Crippen MR) is 333 cm³/mol. The Kier molecular flexibility index (Phi) is 49.3. The number of Topliss-reactive ketones (excluding diaryl/α,β-unsaturated/α-hetero) is 1. The fourth-order valence-electron chi connectivity index (χ4n) is 7.89. The van der Waals surface area contributed by atoms with Crippen molar-refractivity contribution < 1.29 is 96.3 Å². The van der Waals surface area contributed by atoms with Gasteiger partial charge in [-0.25, -0.2) is 24.0 Å². The summed E-state index contributed by atoms with van der Waals surface area (Å²) in [7, 11) is 0. The van der Waals surface area contributed by atoms with Gasteiger partial charge in [-0.05, 0) is 174 Å². The molecule has 6 saturated heterocycles. The second kappa shape index (κ2) is 48.6. The average Bonchev–Trinajstić information content (AvgIpc) is 4.35. The molecule has 6 heterocycles. The van der Waals surface area contributed by atoms with Crippen LogP contribution in [0.3, 0.4) is 0 Å². The van der Waals surface area contributed by atoms with Gasteiger partial charge in [-0.2, -0.15) is 4.79 Å². The molecule has 29 heteroatoms. The molecule has 6 aliphatic heterocycles. The van der Waals surface area contributed by atoms with E-state index >= 15 is 0 Å². The van der Waals surface area contributed by atoms with E-state index in [0.29, 0.717) is 104 Å². The number of nitrogens with zero attached hydrogens (tertiary/aromatic N) is 6. The molecule has 10 N–H and O–H groups in total. The number of esters is 1. The van der Waals surface area contributed by atoms with E-state index in [-0.39, 0.29) is 87.8 Å². The van der Waals surface area contributed by atoms with Crippen molar-refractivity contribution in [2.75, 3.05) is 112 Å². The third kappa shape index (κ3) is 50.6. The van der Waals surface area contributed by atoms with Crippen molar-refractivity contribution >= 4 is 56.7 Å². The van der Waals surface area contributed by atoms with Gasteiger partial charge in [-0.1, -0.05) is 0 Å². The van der Waals surface area contributed by atoms with Crippen molar-refractivity contribution in [3.63, 3.8) is 0 Å². The van der Waals surface area contributed by atoms with Gasteiger partial charge in [0.05, 0.1) is 37.6 Å². The third-order valence-electron chi connectivity index (χ3n) is 12.0. The minimum atomic E-state index is -0.630. The maximum Gasteiger partial charge on any atom is 0.413 e. The lowest BCUT2D eigenvalue weighted by molar-refractivity contribution is -0.138. The Morgan fingerprint density at radius 3 is 1.06 bits per heavy atom. The highest BCUT2D eigenvalue weighted by molar-refractivity contribution is 6.20. The first-order valence-electron chi connectivity index (χ1n) is 30.1. The van der Waals surface area contributed by atoms with Crippen LogP contribution in [-0.4, -0.2) is 250 Å². The van der Waals surface area contributed by atoms with Gasteiger partial charge >= 0.3 is 36.6 Å². The molecule has 28 nitrogen and oxygen atoms in total. The molecule has 0 bridgehead atoms. The summed E-state index contributed by atoms with van der Waals surface area (Å²) in [6, 6.07) is 0. The minimum absolute atomic E-state index is 0. The number of ketones is 1. The highest BCUT2D eigenvalue weighted by Crippen LogP contribution is 2.21. The Labute approximate surface area is 526 Å². The van der Waals surface area contributed by atoms with Crippen LogP contribution in [0.2, 0.25) is 0 Å². The van der Waals surface area contributed by atoms with Crippen LogP contribution in [0.4, 0.5) is 19.2 Å². The number of amides is 5. The molecule has 88 heavy (non-hydrogen) atoms. The lowest BCUT2D eigenvalue weighted by Crippen LogP contribution is -2.43. The predicted octanol–water partition coefficient (Wildman–Crippen LogP) is 6.02. The monoisotopic (exact) mass is 1260 g/mol. The summed E-state index contributed by atoms with van der Waals surface area (Å²) in [6.45, 7) is 36.0. The highest BCUT2D eigenvalue weighted by atomic mass is 16.6. The van der Waals surface area contributed by atoms with Gasteiger partial charge in [0.25, 0.3) is 0 Å². The van der Waals surface area contributed by atoms with Crippen LogP contribution in [0.25, 0.3) is 5.53 Å². The number of carbonyl (C=O) groups excluding carboxylic acids is 7. The van der Waals surface area contributed by atoms with Gasteiger partial charge in [0.15, 0.2) is 5.78 Å². The van der Waals surface area contributed by atoms with Gasteiger partial charge in [-0.3, -0.25) is 9.59 Å². The molecule has 3 radical (unpaired) electrons. The average molecular weight is 1270 g/mol. The third-order valence-corrected chi connectivity index (χ3v) is 12.0. The van der Waals surface area contributed by atoms with E-state index < -0.39 is 34.3 Å². The Bertz CT molecular complexity index is 1850. The van der Waals surface area contributed by atoms with Crippen LogP contribution in [0.5, 0.6) is 0 Å². The quantitative estimate of drug-likeness (QED) is 0.0459. The van der Waals surface area contributed by atoms with E-state index in [2.05, 4.69) is 9.53 Å². The zero-order chi connectivity index (χ0) is 64.7. The number of nitrogens with two attached hydrogens (primary N) is 2. The van der Waals surface area contributed by atoms with Gasteiger partial charge in [0.1, 0.15) is 35.6 Å². The molecule has 0 aromatic carbocycles. The standard InChI is InChI=1S/C13H23NO4.C12H22N2O4.C12H24N2O3.C10H19NO3.C4H6N2O2.2C4H8O.B.H3N.H2O/c1-10(15)9-17-11-5-7-14(8-6-11)12(16)18-13(2,3)4;1-12(2,3)18-11(16)14-6-4-9(5-7-14)17-8-10(13)15;1-12(2,3)17-11(15)14-7-4-10(5-8-14)16-9-6-13;1-10(2,3)14-9(13)11-6-4-8(12)5-7-11;1-2-8-4(7)3-6-5;2*1-2-4-5-3-1;;;/h11H,5-9H2,1-4H3;9H,4-8H2,1-3H3,(H2,13,15);10H,4-9,13H2,1-3H3;8,12H,4-7H2,1-3H3;3H,2H2,1H3;2*1-4H2;;1H3;1H2. The van der Waals surface area contributed by atoms with Crippen LogP contribution in [0, 0.1) is 0 Å². The number of piperidine rings is 4. The first-order chi connectivity index (χ1) is 39.7. The number of likely N-dealkylation sites (tertiary alicyclic amines) is 4. The van der Waals surface area contributed by atoms with Gasteiger partial charge in [-0.15, -0.1) is 0 Å². The molecular weight excluding hydrogens is 1150 g/mol. The molecule has 0 aromatic rings. The number of rotatable bonds is 11. The Balaban J connectivity index is -0.000000483. The molecule has 6 aliphatic rings. The van der Waals surface area contributed by atoms with E-state index in [4.69, 9.17) is 59.6 Å². The number of ether oxygens (including phenoxy) is 10. The fraction of sp³-hybridized carbons (Fsp3) is 0.864. The zero-order valence-corrected chi connectivity index (χ0v) is 55.9. The molecule has 513 valence electrons. The van der Waals surface area contributed by atoms with Crippen LogP contribution < -0.4 is 17.6 Å². The van der Waals surface area contributed by atoms with E-state index in [1.54, 1.807) is 26.5 Å². The normalized spacial score (nSPS) is 17.2. The van der Waals surface area contributed by atoms with Crippen molar-refractivity contribution in [2.45, 2.75) is 221 Å². The number of carbonyl (C=O) groups is 7. The molecule has 0 aliphatic carbocycles. The Morgan fingerprint density at radius 1 is 0.545 bits per heavy atom. The van der Waals surface area contributed by atoms with Crippen LogP contribution in [0.1, 0.15) is 174 Å². The second-order valence-corrected chi connectivity index (χ2v) is 24.8. The summed E-state index contributed by atoms with van der Waals surface area (Å²) in [5, 5.41) is 9.26. The smallest absolute Gasteiger partial charge is 0.413 e. The van der Waals surface area contributed by atoms with E-state index in [1.165, 1.54) is 32.6 Å². The second-order valence-electron chi connectivity index (χ2n) is 24.8. The zero-order valence-electron chi connectivity index (χ0n) is 55.9. The van der Waals surface area contributed by atoms with Crippen molar-refractivity contribution in [1.82, 2.24) is 25.8 Å². The van der Waals surface area contributed by atoms with Crippen molar-refractivity contribution in [3.8, 4) is 0 Å². The maximum absolute atomic E-state index is 11.8. The van der Waals surface area contributed by atoms with Crippen LogP contribution in [0.15, 0.2) is 0 Å². The van der Waals surface area contributed by atoms with Crippen molar-refractivity contribution in [3.05, 3.63) is 5.53 Å². The number of aliphatic hydroxyl groups excluding tert-OH is 1. The number of hydrogen-bond donors (Lipinski definition) is 4. The highest BCUT2D eigenvalue weighted by Gasteiger charge is 2.31. The van der Waals surface area contributed by atoms with Crippen molar-refractivity contribution in [2.24, 2.45) is 11.5 Å². The Hall–Kier alpha value is -5.23. The lowest BCUT2D eigenvalue weighted by Gasteiger charge is -2.33. The molecule has 0 aromatic heterocycles. The summed E-state index contributed by atoms with van der Waals surface area (Å²) >= 11 is 0. The molecule has 0 spiro atoms. The molecule has 0 saturated carbocycles. The molecule has 5 amide bonds. The van der Waals surface area contributed by atoms with Crippen molar-refractivity contribution in [1.29, 1.82) is 0 Å². The molecule has 6 fully saturated rings. The first-order valence-corrected chi connectivity index (χ1v) is 30.1. The summed E-state index contributed by atoms with van der Waals surface area (Å²) in [5.74, 6) is -1.07. The molecule has 0 atom stereocenters. The SMILES string of the molecule is C1CCOC1.C1CCOC1.CC(=O)COC1CCN(C(=O)OC(C)(C)C)CC1.CC(C)(C)OC(=O)N1CCC(O)CC1.CC(C)(C)OC(=O)N1CCC(OCC(N)=O)CC1.CC(C)(C)OC(=O)N1CCC(OCCN)CC1.CCOC(=O)C=[N+]=[N-].N.O.[B]. The largest absolute Gasteiger partial charge is 0.458 e. The van der Waals surface area contributed by atoms with Gasteiger partial charge < -0.3 is 101 Å². The summed E-state index contributed by atoms with van der Waals surface area (Å²) in [6.07, 6.45) is 10.7. The number of hydrogen-bond acceptors (Lipinski definition) is 20.